The third-order valence-electron chi connectivity index (χ3n) is 2.79. The number of rotatable bonds is 5. The summed E-state index contributed by atoms with van der Waals surface area (Å²) in [6.45, 7) is 4.13. The molecular weight excluding hydrogens is 276 g/mol. The number of nitrogen functional groups attached to an aromatic ring is 1. The molecule has 1 unspecified atom stereocenters. The Kier molecular flexibility index (Phi) is 4.71. The van der Waals surface area contributed by atoms with E-state index in [4.69, 9.17) is 5.73 Å². The van der Waals surface area contributed by atoms with Gasteiger partial charge in [0.05, 0.1) is 5.69 Å². The molecule has 0 saturated heterocycles. The van der Waals surface area contributed by atoms with Crippen molar-refractivity contribution >= 4 is 44.8 Å². The molecular formula is C14H18N2OS2. The van der Waals surface area contributed by atoms with Crippen LogP contribution in [0.3, 0.4) is 0 Å². The molecule has 0 fully saturated rings. The van der Waals surface area contributed by atoms with Crippen LogP contribution in [-0.4, -0.2) is 23.5 Å². The molecule has 3 nitrogen and oxygen atoms in total. The van der Waals surface area contributed by atoms with E-state index < -0.39 is 0 Å². The number of anilines is 1. The maximum Gasteiger partial charge on any atom is 0.263 e. The third-order valence-corrected chi connectivity index (χ3v) is 5.12. The lowest BCUT2D eigenvalue weighted by Gasteiger charge is -2.12. The van der Waals surface area contributed by atoms with Gasteiger partial charge in [0.25, 0.3) is 5.91 Å². The fourth-order valence-corrected chi connectivity index (χ4v) is 3.56. The lowest BCUT2D eigenvalue weighted by atomic mass is 10.2. The summed E-state index contributed by atoms with van der Waals surface area (Å²) in [6, 6.07) is 7.99. The van der Waals surface area contributed by atoms with Crippen LogP contribution < -0.4 is 11.1 Å². The highest BCUT2D eigenvalue weighted by molar-refractivity contribution is 7.99. The van der Waals surface area contributed by atoms with Gasteiger partial charge < -0.3 is 11.1 Å². The van der Waals surface area contributed by atoms with E-state index in [0.717, 1.165) is 21.6 Å². The first kappa shape index (κ1) is 14.2. The summed E-state index contributed by atoms with van der Waals surface area (Å²) in [5.41, 5.74) is 6.65. The molecule has 1 atom stereocenters. The van der Waals surface area contributed by atoms with Gasteiger partial charge in [0.1, 0.15) is 4.88 Å². The number of nitrogens with two attached hydrogens (primary N) is 1. The van der Waals surface area contributed by atoms with Crippen LogP contribution in [0, 0.1) is 0 Å². The van der Waals surface area contributed by atoms with E-state index in [1.165, 1.54) is 11.3 Å². The molecule has 1 aromatic carbocycles. The van der Waals surface area contributed by atoms with Gasteiger partial charge in [0.2, 0.25) is 0 Å². The van der Waals surface area contributed by atoms with Gasteiger partial charge in [0.15, 0.2) is 0 Å². The molecule has 2 rings (SSSR count). The molecule has 3 N–H and O–H groups in total. The molecule has 1 heterocycles. The summed E-state index contributed by atoms with van der Waals surface area (Å²) >= 11 is 3.27. The fourth-order valence-electron chi connectivity index (χ4n) is 1.86. The monoisotopic (exact) mass is 294 g/mol. The normalized spacial score (nSPS) is 12.5. The predicted octanol–water partition coefficient (Wildman–Crippen LogP) is 3.35. The Hall–Kier alpha value is -1.20. The maximum atomic E-state index is 12.2. The van der Waals surface area contributed by atoms with Crippen LogP contribution in [0.2, 0.25) is 0 Å². The molecule has 1 amide bonds. The van der Waals surface area contributed by atoms with Gasteiger partial charge >= 0.3 is 0 Å². The number of nitrogens with one attached hydrogen (secondary N) is 1. The van der Waals surface area contributed by atoms with Crippen molar-refractivity contribution in [3.05, 3.63) is 29.1 Å². The molecule has 0 radical (unpaired) electrons. The number of thioether (sulfide) groups is 1. The first-order valence-electron chi connectivity index (χ1n) is 6.29. The zero-order valence-corrected chi connectivity index (χ0v) is 12.7. The SMILES string of the molecule is CCSCC(C)NC(=O)c1sc2ccccc2c1N. The number of fused-ring (bicyclic) bond motifs is 1. The topological polar surface area (TPSA) is 55.1 Å². The number of carbonyl (C=O) groups is 1. The first-order chi connectivity index (χ1) is 9.13. The lowest BCUT2D eigenvalue weighted by molar-refractivity contribution is 0.0948. The van der Waals surface area contributed by atoms with Crippen molar-refractivity contribution in [1.82, 2.24) is 5.32 Å². The smallest absolute Gasteiger partial charge is 0.263 e. The highest BCUT2D eigenvalue weighted by Crippen LogP contribution is 2.33. The first-order valence-corrected chi connectivity index (χ1v) is 8.26. The van der Waals surface area contributed by atoms with Crippen molar-refractivity contribution in [2.75, 3.05) is 17.2 Å². The van der Waals surface area contributed by atoms with Crippen LogP contribution in [0.25, 0.3) is 10.1 Å². The van der Waals surface area contributed by atoms with Gasteiger partial charge in [-0.2, -0.15) is 11.8 Å². The van der Waals surface area contributed by atoms with Gasteiger partial charge in [-0.3, -0.25) is 4.79 Å². The van der Waals surface area contributed by atoms with Gasteiger partial charge in [0, 0.05) is 21.9 Å². The third kappa shape index (κ3) is 3.22. The van der Waals surface area contributed by atoms with E-state index in [9.17, 15) is 4.79 Å². The van der Waals surface area contributed by atoms with E-state index in [1.54, 1.807) is 0 Å². The number of carbonyl (C=O) groups excluding carboxylic acids is 1. The van der Waals surface area contributed by atoms with E-state index in [-0.39, 0.29) is 11.9 Å². The van der Waals surface area contributed by atoms with Crippen LogP contribution in [-0.2, 0) is 0 Å². The number of thiophene rings is 1. The van der Waals surface area contributed by atoms with Crippen molar-refractivity contribution in [3.63, 3.8) is 0 Å². The van der Waals surface area contributed by atoms with Crippen LogP contribution in [0.5, 0.6) is 0 Å². The van der Waals surface area contributed by atoms with Crippen LogP contribution in [0.1, 0.15) is 23.5 Å². The summed E-state index contributed by atoms with van der Waals surface area (Å²) in [4.78, 5) is 12.8. The molecule has 0 spiro atoms. The van der Waals surface area contributed by atoms with Gasteiger partial charge in [-0.1, -0.05) is 25.1 Å². The van der Waals surface area contributed by atoms with Crippen LogP contribution in [0.15, 0.2) is 24.3 Å². The largest absolute Gasteiger partial charge is 0.397 e. The predicted molar refractivity (Wildman–Crippen MR) is 86.2 cm³/mol. The van der Waals surface area contributed by atoms with E-state index >= 15 is 0 Å². The number of benzene rings is 1. The Bertz CT molecular complexity index is 580. The highest BCUT2D eigenvalue weighted by Gasteiger charge is 2.17. The van der Waals surface area contributed by atoms with E-state index in [0.29, 0.717) is 10.6 Å². The Morgan fingerprint density at radius 1 is 1.47 bits per heavy atom. The lowest BCUT2D eigenvalue weighted by Crippen LogP contribution is -2.34. The zero-order chi connectivity index (χ0) is 13.8. The van der Waals surface area contributed by atoms with Crippen LogP contribution >= 0.6 is 23.1 Å². The molecule has 0 aliphatic heterocycles. The maximum absolute atomic E-state index is 12.2. The second kappa shape index (κ2) is 6.30. The molecule has 102 valence electrons. The van der Waals surface area contributed by atoms with Gasteiger partial charge in [-0.15, -0.1) is 11.3 Å². The standard InChI is InChI=1S/C14H18N2OS2/c1-3-18-8-9(2)16-14(17)13-12(15)10-6-4-5-7-11(10)19-13/h4-7,9H,3,8,15H2,1-2H3,(H,16,17). The van der Waals surface area contributed by atoms with Crippen molar-refractivity contribution in [1.29, 1.82) is 0 Å². The minimum atomic E-state index is -0.0668. The molecule has 0 saturated carbocycles. The summed E-state index contributed by atoms with van der Waals surface area (Å²) in [7, 11) is 0. The average Bonchev–Trinajstić information content (AvgIpc) is 2.74. The minimum absolute atomic E-state index is 0.0668. The number of amides is 1. The molecule has 0 bridgehead atoms. The molecule has 0 aliphatic rings. The Morgan fingerprint density at radius 2 is 2.21 bits per heavy atom. The van der Waals surface area contributed by atoms with Gasteiger partial charge in [-0.05, 0) is 18.7 Å². The van der Waals surface area contributed by atoms with Crippen molar-refractivity contribution in [2.24, 2.45) is 0 Å². The molecule has 0 aliphatic carbocycles. The van der Waals surface area contributed by atoms with E-state index in [1.807, 2.05) is 43.0 Å². The minimum Gasteiger partial charge on any atom is -0.397 e. The van der Waals surface area contributed by atoms with Crippen molar-refractivity contribution in [3.8, 4) is 0 Å². The van der Waals surface area contributed by atoms with Crippen LogP contribution in [0.4, 0.5) is 5.69 Å². The van der Waals surface area contributed by atoms with E-state index in [2.05, 4.69) is 12.2 Å². The quantitative estimate of drug-likeness (QED) is 0.889. The van der Waals surface area contributed by atoms with Gasteiger partial charge in [-0.25, -0.2) is 0 Å². The molecule has 5 heteroatoms. The summed E-state index contributed by atoms with van der Waals surface area (Å²) in [5, 5.41) is 3.97. The Morgan fingerprint density at radius 3 is 2.89 bits per heavy atom. The molecule has 19 heavy (non-hydrogen) atoms. The Balaban J connectivity index is 2.15. The molecule has 1 aromatic heterocycles. The number of hydrogen-bond donors (Lipinski definition) is 2. The van der Waals surface area contributed by atoms with Crippen molar-refractivity contribution in [2.45, 2.75) is 19.9 Å². The summed E-state index contributed by atoms with van der Waals surface area (Å²) in [6.07, 6.45) is 0. The second-order valence-corrected chi connectivity index (χ2v) is 6.75. The summed E-state index contributed by atoms with van der Waals surface area (Å²) < 4.78 is 1.06. The second-order valence-electron chi connectivity index (χ2n) is 4.37. The average molecular weight is 294 g/mol. The highest BCUT2D eigenvalue weighted by atomic mass is 32.2. The zero-order valence-electron chi connectivity index (χ0n) is 11.1. The summed E-state index contributed by atoms with van der Waals surface area (Å²) in [5.74, 6) is 1.92. The number of hydrogen-bond acceptors (Lipinski definition) is 4. The Labute approximate surface area is 121 Å². The fraction of sp³-hybridized carbons (Fsp3) is 0.357. The van der Waals surface area contributed by atoms with Crippen molar-refractivity contribution < 1.29 is 4.79 Å². The molecule has 2 aromatic rings.